The molecule has 0 aliphatic rings. The first-order chi connectivity index (χ1) is 5.29. The van der Waals surface area contributed by atoms with Crippen molar-refractivity contribution in [2.45, 2.75) is 62.8 Å². The third-order valence-corrected chi connectivity index (χ3v) is 2.33. The molecule has 0 unspecified atom stereocenters. The Labute approximate surface area is 86.4 Å². The van der Waals surface area contributed by atoms with Crippen LogP contribution in [-0.2, 0) is 0 Å². The van der Waals surface area contributed by atoms with Crippen molar-refractivity contribution >= 4 is 0 Å². The zero-order chi connectivity index (χ0) is 10.3. The smallest absolute Gasteiger partial charge is 0.0440 e. The molecule has 0 heterocycles. The van der Waals surface area contributed by atoms with Crippen molar-refractivity contribution in [1.29, 1.82) is 0 Å². The summed E-state index contributed by atoms with van der Waals surface area (Å²) >= 11 is 0. The highest BCUT2D eigenvalue weighted by molar-refractivity contribution is 5.02. The lowest BCUT2D eigenvalue weighted by Crippen LogP contribution is -1.95. The Hall–Kier alpha value is -0.260. The van der Waals surface area contributed by atoms with Gasteiger partial charge in [0.15, 0.2) is 0 Å². The zero-order valence-corrected chi connectivity index (χ0v) is 10.2. The summed E-state index contributed by atoms with van der Waals surface area (Å²) in [5.41, 5.74) is 2.85. The highest BCUT2D eigenvalue weighted by Gasteiger charge is 1.95. The molecule has 0 fully saturated rings. The van der Waals surface area contributed by atoms with E-state index in [0.29, 0.717) is 0 Å². The molecule has 0 aliphatic heterocycles. The summed E-state index contributed by atoms with van der Waals surface area (Å²) in [5.74, 6) is 1.70. The van der Waals surface area contributed by atoms with Crippen LogP contribution in [0.2, 0.25) is 0 Å². The van der Waals surface area contributed by atoms with E-state index in [9.17, 15) is 0 Å². The van der Waals surface area contributed by atoms with Crippen molar-refractivity contribution in [2.75, 3.05) is 0 Å². The van der Waals surface area contributed by atoms with Crippen LogP contribution >= 0.6 is 0 Å². The zero-order valence-electron chi connectivity index (χ0n) is 10.2. The van der Waals surface area contributed by atoms with Gasteiger partial charge in [-0.25, -0.2) is 0 Å². The molecule has 0 aliphatic carbocycles. The summed E-state index contributed by atoms with van der Waals surface area (Å²) in [4.78, 5) is 0. The van der Waals surface area contributed by atoms with Crippen molar-refractivity contribution in [1.82, 2.24) is 0 Å². The maximum atomic E-state index is 2.24. The van der Waals surface area contributed by atoms with E-state index in [1.54, 1.807) is 0 Å². The molecule has 13 heavy (non-hydrogen) atoms. The van der Waals surface area contributed by atoms with Crippen molar-refractivity contribution in [3.8, 4) is 0 Å². The Morgan fingerprint density at radius 2 is 0.769 bits per heavy atom. The van der Waals surface area contributed by atoms with Crippen LogP contribution in [-0.4, -0.2) is 0 Å². The molecule has 0 nitrogen and oxygen atoms in total. The van der Waals surface area contributed by atoms with E-state index in [1.807, 2.05) is 0 Å². The summed E-state index contributed by atoms with van der Waals surface area (Å²) in [6.45, 7) is 17.4. The van der Waals surface area contributed by atoms with Gasteiger partial charge in [-0.15, -0.1) is 0 Å². The molecule has 0 amide bonds. The van der Waals surface area contributed by atoms with Crippen LogP contribution in [0, 0.1) is 11.8 Å². The van der Waals surface area contributed by atoms with E-state index in [0.717, 1.165) is 11.8 Å². The third kappa shape index (κ3) is 18.6. The first-order valence-corrected chi connectivity index (χ1v) is 4.89. The Morgan fingerprint density at radius 1 is 0.615 bits per heavy atom. The van der Waals surface area contributed by atoms with Crippen molar-refractivity contribution < 1.29 is 0 Å². The van der Waals surface area contributed by atoms with Gasteiger partial charge in [0.05, 0.1) is 0 Å². The van der Waals surface area contributed by atoms with Gasteiger partial charge in [-0.2, -0.15) is 0 Å². The number of hydrogen-bond acceptors (Lipinski definition) is 0. The lowest BCUT2D eigenvalue weighted by molar-refractivity contribution is 0.457. The molecular weight excluding hydrogens is 156 g/mol. The van der Waals surface area contributed by atoms with Gasteiger partial charge in [0.25, 0.3) is 0 Å². The first-order valence-electron chi connectivity index (χ1n) is 4.89. The molecule has 0 heteroatoms. The number of rotatable bonds is 1. The molecule has 0 saturated carbocycles. The fourth-order valence-electron chi connectivity index (χ4n) is 0. The van der Waals surface area contributed by atoms with E-state index >= 15 is 0 Å². The first kappa shape index (κ1) is 18.5. The van der Waals surface area contributed by atoms with Gasteiger partial charge < -0.3 is 0 Å². The van der Waals surface area contributed by atoms with E-state index in [4.69, 9.17) is 0 Å². The van der Waals surface area contributed by atoms with Crippen LogP contribution < -0.4 is 0 Å². The molecule has 0 saturated heterocycles. The van der Waals surface area contributed by atoms with Gasteiger partial charge >= 0.3 is 0 Å². The van der Waals surface area contributed by atoms with Crippen molar-refractivity contribution in [2.24, 2.45) is 11.8 Å². The van der Waals surface area contributed by atoms with E-state index in [-0.39, 0.29) is 7.43 Å². The molecule has 0 bridgehead atoms. The van der Waals surface area contributed by atoms with Crippen LogP contribution in [0.25, 0.3) is 0 Å². The van der Waals surface area contributed by atoms with Gasteiger partial charge in [0.1, 0.15) is 0 Å². The second-order valence-corrected chi connectivity index (χ2v) is 4.49. The Bertz CT molecular complexity index is 103. The van der Waals surface area contributed by atoms with Crippen LogP contribution in [0.1, 0.15) is 62.8 Å². The molecule has 0 rings (SSSR count). The Balaban J connectivity index is -0.000000143. The summed E-state index contributed by atoms with van der Waals surface area (Å²) in [6, 6.07) is 0. The predicted molar refractivity (Wildman–Crippen MR) is 66.1 cm³/mol. The average molecular weight is 186 g/mol. The fourth-order valence-corrected chi connectivity index (χ4v) is 0. The van der Waals surface area contributed by atoms with Crippen LogP contribution in [0.15, 0.2) is 11.1 Å². The Morgan fingerprint density at radius 3 is 0.769 bits per heavy atom. The van der Waals surface area contributed by atoms with Gasteiger partial charge in [-0.3, -0.25) is 0 Å². The van der Waals surface area contributed by atoms with Gasteiger partial charge in [-0.1, -0.05) is 46.3 Å². The largest absolute Gasteiger partial charge is 0.0778 e. The third-order valence-electron chi connectivity index (χ3n) is 2.33. The standard InChI is InChI=1S/C6H14.C6H12.CH4/c2*1-5(2)6(3)4;/h5-6H,1-4H3;1-4H3;1H4. The molecule has 0 atom stereocenters. The van der Waals surface area contributed by atoms with E-state index < -0.39 is 0 Å². The molecule has 0 aromatic rings. The molecule has 82 valence electrons. The van der Waals surface area contributed by atoms with Gasteiger partial charge in [-0.05, 0) is 39.5 Å². The summed E-state index contributed by atoms with van der Waals surface area (Å²) in [6.07, 6.45) is 0. The summed E-state index contributed by atoms with van der Waals surface area (Å²) < 4.78 is 0. The minimum absolute atomic E-state index is 0. The average Bonchev–Trinajstić information content (AvgIpc) is 1.88. The minimum Gasteiger partial charge on any atom is -0.0778 e. The number of hydrogen-bond donors (Lipinski definition) is 0. The fraction of sp³-hybridized carbons (Fsp3) is 0.846. The monoisotopic (exact) mass is 186 g/mol. The quantitative estimate of drug-likeness (QED) is 0.488. The van der Waals surface area contributed by atoms with Crippen molar-refractivity contribution in [3.05, 3.63) is 11.1 Å². The molecule has 0 radical (unpaired) electrons. The van der Waals surface area contributed by atoms with Crippen LogP contribution in [0.3, 0.4) is 0 Å². The topological polar surface area (TPSA) is 0 Å². The molecular formula is C13H30. The second kappa shape index (κ2) is 9.83. The summed E-state index contributed by atoms with van der Waals surface area (Å²) in [5, 5.41) is 0. The van der Waals surface area contributed by atoms with Gasteiger partial charge in [0.2, 0.25) is 0 Å². The summed E-state index contributed by atoms with van der Waals surface area (Å²) in [7, 11) is 0. The lowest BCUT2D eigenvalue weighted by Gasteiger charge is -2.05. The van der Waals surface area contributed by atoms with Gasteiger partial charge in [0, 0.05) is 0 Å². The molecule has 0 aromatic carbocycles. The lowest BCUT2D eigenvalue weighted by atomic mass is 10.0. The van der Waals surface area contributed by atoms with Crippen LogP contribution in [0.4, 0.5) is 0 Å². The molecule has 0 N–H and O–H groups in total. The highest BCUT2D eigenvalue weighted by Crippen LogP contribution is 2.05. The van der Waals surface area contributed by atoms with E-state index in [1.165, 1.54) is 11.1 Å². The highest BCUT2D eigenvalue weighted by atomic mass is 14.0. The second-order valence-electron chi connectivity index (χ2n) is 4.49. The Kier molecular flexibility index (Phi) is 14.0. The number of allylic oxidation sites excluding steroid dienone is 2. The van der Waals surface area contributed by atoms with Crippen LogP contribution in [0.5, 0.6) is 0 Å². The minimum atomic E-state index is 0. The van der Waals surface area contributed by atoms with E-state index in [2.05, 4.69) is 55.4 Å². The SMILES string of the molecule is C.CC(C)=C(C)C.CC(C)C(C)C. The maximum Gasteiger partial charge on any atom is -0.0440 e. The predicted octanol–water partition coefficient (Wildman–Crippen LogP) is 5.30. The maximum absolute atomic E-state index is 2.24. The molecule has 0 aromatic heterocycles. The van der Waals surface area contributed by atoms with Crippen molar-refractivity contribution in [3.63, 3.8) is 0 Å². The normalized spacial score (nSPS) is 8.77. The molecule has 0 spiro atoms.